The van der Waals surface area contributed by atoms with Gasteiger partial charge in [0.1, 0.15) is 31.0 Å². The van der Waals surface area contributed by atoms with Crippen LogP contribution >= 0.6 is 0 Å². The van der Waals surface area contributed by atoms with E-state index in [-0.39, 0.29) is 26.1 Å². The third kappa shape index (κ3) is 19.5. The van der Waals surface area contributed by atoms with Crippen molar-refractivity contribution in [1.82, 2.24) is 0 Å². The SMILES string of the molecule is CC/C=C\C/C=C\C/C=C\C/C=C\C/C=C\CCCCCC(=O)OC(COC(=O)CCC)COC1OC(CO)C(O)C(O)C1O. The maximum absolute atomic E-state index is 12.5. The number of aliphatic hydroxyl groups is 4. The maximum Gasteiger partial charge on any atom is 0.306 e. The summed E-state index contributed by atoms with van der Waals surface area (Å²) in [5.74, 6) is -0.916. The van der Waals surface area contributed by atoms with E-state index in [4.69, 9.17) is 18.9 Å². The number of rotatable bonds is 24. The Labute approximate surface area is 269 Å². The average Bonchev–Trinajstić information content (AvgIpc) is 3.03. The van der Waals surface area contributed by atoms with Crippen LogP contribution in [0.4, 0.5) is 0 Å². The molecule has 0 radical (unpaired) electrons. The van der Waals surface area contributed by atoms with Gasteiger partial charge in [-0.1, -0.05) is 81.0 Å². The first-order valence-electron chi connectivity index (χ1n) is 16.4. The van der Waals surface area contributed by atoms with Crippen LogP contribution < -0.4 is 0 Å². The largest absolute Gasteiger partial charge is 0.462 e. The van der Waals surface area contributed by atoms with Crippen molar-refractivity contribution in [2.45, 2.75) is 128 Å². The Morgan fingerprint density at radius 1 is 0.711 bits per heavy atom. The van der Waals surface area contributed by atoms with Crippen LogP contribution in [0.3, 0.4) is 0 Å². The lowest BCUT2D eigenvalue weighted by Crippen LogP contribution is -2.59. The number of hydrogen-bond acceptors (Lipinski definition) is 10. The minimum atomic E-state index is -1.60. The summed E-state index contributed by atoms with van der Waals surface area (Å²) >= 11 is 0. The standard InChI is InChI=1S/C35H56O10/c1-3-5-6-7-8-9-10-11-12-13-14-15-16-17-18-19-20-21-22-24-31(38)44-28(26-42-30(37)23-4-2)27-43-35-34(41)33(40)32(39)29(25-36)45-35/h5-6,8-9,11-12,14-15,17-18,28-29,32-36,39-41H,3-4,7,10,13,16,19-27H2,1-2H3/b6-5-,9-8-,12-11-,15-14-,18-17-. The smallest absolute Gasteiger partial charge is 0.306 e. The number of esters is 2. The monoisotopic (exact) mass is 636 g/mol. The number of ether oxygens (including phenoxy) is 4. The molecule has 4 N–H and O–H groups in total. The summed E-state index contributed by atoms with van der Waals surface area (Å²) in [7, 11) is 0. The van der Waals surface area contributed by atoms with Crippen molar-refractivity contribution in [3.8, 4) is 0 Å². The highest BCUT2D eigenvalue weighted by Crippen LogP contribution is 2.22. The Hall–Kier alpha value is -2.60. The molecule has 45 heavy (non-hydrogen) atoms. The molecular weight excluding hydrogens is 580 g/mol. The number of unbranched alkanes of at least 4 members (excludes halogenated alkanes) is 3. The normalized spacial score (nSPS) is 23.2. The minimum Gasteiger partial charge on any atom is -0.462 e. The third-order valence-electron chi connectivity index (χ3n) is 6.89. The van der Waals surface area contributed by atoms with Gasteiger partial charge < -0.3 is 39.4 Å². The highest BCUT2D eigenvalue weighted by Gasteiger charge is 2.44. The van der Waals surface area contributed by atoms with Gasteiger partial charge >= 0.3 is 11.9 Å². The Bertz CT molecular complexity index is 923. The Morgan fingerprint density at radius 2 is 1.31 bits per heavy atom. The van der Waals surface area contributed by atoms with E-state index >= 15 is 0 Å². The van der Waals surface area contributed by atoms with Crippen molar-refractivity contribution in [3.05, 3.63) is 60.8 Å². The number of aliphatic hydroxyl groups excluding tert-OH is 4. The lowest BCUT2D eigenvalue weighted by Gasteiger charge is -2.39. The van der Waals surface area contributed by atoms with Crippen molar-refractivity contribution >= 4 is 11.9 Å². The molecule has 0 aromatic heterocycles. The molecule has 1 rings (SSSR count). The second kappa shape index (κ2) is 26.6. The van der Waals surface area contributed by atoms with Crippen LogP contribution in [0.5, 0.6) is 0 Å². The topological polar surface area (TPSA) is 152 Å². The van der Waals surface area contributed by atoms with E-state index in [2.05, 4.69) is 67.7 Å². The first kappa shape index (κ1) is 40.4. The third-order valence-corrected chi connectivity index (χ3v) is 6.89. The van der Waals surface area contributed by atoms with Crippen molar-refractivity contribution in [3.63, 3.8) is 0 Å². The molecule has 0 amide bonds. The zero-order chi connectivity index (χ0) is 33.1. The molecule has 0 aromatic carbocycles. The molecule has 0 bridgehead atoms. The Morgan fingerprint density at radius 3 is 1.89 bits per heavy atom. The summed E-state index contributed by atoms with van der Waals surface area (Å²) in [6.45, 7) is 2.83. The summed E-state index contributed by atoms with van der Waals surface area (Å²) in [5, 5.41) is 39.4. The quantitative estimate of drug-likeness (QED) is 0.0663. The highest BCUT2D eigenvalue weighted by molar-refractivity contribution is 5.70. The molecule has 1 aliphatic heterocycles. The second-order valence-electron chi connectivity index (χ2n) is 10.9. The molecule has 1 saturated heterocycles. The van der Waals surface area contributed by atoms with Gasteiger partial charge in [0.15, 0.2) is 12.4 Å². The van der Waals surface area contributed by atoms with E-state index in [0.29, 0.717) is 12.8 Å². The van der Waals surface area contributed by atoms with E-state index in [9.17, 15) is 30.0 Å². The lowest BCUT2D eigenvalue weighted by atomic mass is 9.99. The van der Waals surface area contributed by atoms with Crippen LogP contribution in [0.2, 0.25) is 0 Å². The molecule has 1 aliphatic rings. The van der Waals surface area contributed by atoms with Crippen LogP contribution in [0.15, 0.2) is 60.8 Å². The van der Waals surface area contributed by atoms with Gasteiger partial charge in [0.25, 0.3) is 0 Å². The molecule has 6 unspecified atom stereocenters. The van der Waals surface area contributed by atoms with Gasteiger partial charge in [-0.05, 0) is 57.8 Å². The molecule has 0 saturated carbocycles. The van der Waals surface area contributed by atoms with Crippen LogP contribution in [-0.4, -0.2) is 89.0 Å². The predicted molar refractivity (Wildman–Crippen MR) is 173 cm³/mol. The van der Waals surface area contributed by atoms with Gasteiger partial charge in [0.2, 0.25) is 0 Å². The van der Waals surface area contributed by atoms with E-state index in [1.54, 1.807) is 0 Å². The van der Waals surface area contributed by atoms with Crippen molar-refractivity contribution in [1.29, 1.82) is 0 Å². The summed E-state index contributed by atoms with van der Waals surface area (Å²) in [6.07, 6.45) is 22.7. The van der Waals surface area contributed by atoms with E-state index in [1.807, 2.05) is 6.92 Å². The molecule has 10 heteroatoms. The van der Waals surface area contributed by atoms with E-state index in [0.717, 1.165) is 51.4 Å². The van der Waals surface area contributed by atoms with Crippen LogP contribution in [-0.2, 0) is 28.5 Å². The van der Waals surface area contributed by atoms with Crippen LogP contribution in [0.1, 0.15) is 90.9 Å². The number of carbonyl (C=O) groups excluding carboxylic acids is 2. The fraction of sp³-hybridized carbons (Fsp3) is 0.657. The number of hydrogen-bond donors (Lipinski definition) is 4. The summed E-state index contributed by atoms with van der Waals surface area (Å²) in [4.78, 5) is 24.3. The molecule has 1 fully saturated rings. The summed E-state index contributed by atoms with van der Waals surface area (Å²) in [5.41, 5.74) is 0. The fourth-order valence-corrected chi connectivity index (χ4v) is 4.31. The van der Waals surface area contributed by atoms with Crippen molar-refractivity contribution < 1.29 is 49.0 Å². The van der Waals surface area contributed by atoms with Gasteiger partial charge in [0.05, 0.1) is 13.2 Å². The van der Waals surface area contributed by atoms with Gasteiger partial charge in [-0.15, -0.1) is 0 Å². The number of allylic oxidation sites excluding steroid dienone is 10. The first-order valence-corrected chi connectivity index (χ1v) is 16.4. The zero-order valence-electron chi connectivity index (χ0n) is 27.1. The zero-order valence-corrected chi connectivity index (χ0v) is 27.1. The first-order chi connectivity index (χ1) is 21.8. The van der Waals surface area contributed by atoms with Crippen molar-refractivity contribution in [2.24, 2.45) is 0 Å². The van der Waals surface area contributed by atoms with Gasteiger partial charge in [-0.25, -0.2) is 0 Å². The van der Waals surface area contributed by atoms with Crippen molar-refractivity contribution in [2.75, 3.05) is 19.8 Å². The highest BCUT2D eigenvalue weighted by atomic mass is 16.7. The summed E-state index contributed by atoms with van der Waals surface area (Å²) in [6, 6.07) is 0. The fourth-order valence-electron chi connectivity index (χ4n) is 4.31. The van der Waals surface area contributed by atoms with Crippen LogP contribution in [0, 0.1) is 0 Å². The Kier molecular flexibility index (Phi) is 23.9. The molecule has 0 spiro atoms. The average molecular weight is 637 g/mol. The molecular formula is C35H56O10. The molecule has 1 heterocycles. The second-order valence-corrected chi connectivity index (χ2v) is 10.9. The van der Waals surface area contributed by atoms with Crippen LogP contribution in [0.25, 0.3) is 0 Å². The Balaban J connectivity index is 2.30. The maximum atomic E-state index is 12.5. The molecule has 0 aliphatic carbocycles. The molecule has 0 aromatic rings. The molecule has 10 nitrogen and oxygen atoms in total. The van der Waals surface area contributed by atoms with Gasteiger partial charge in [-0.3, -0.25) is 9.59 Å². The van der Waals surface area contributed by atoms with E-state index < -0.39 is 55.4 Å². The minimum absolute atomic E-state index is 0.186. The van der Waals surface area contributed by atoms with Gasteiger partial charge in [0, 0.05) is 12.8 Å². The predicted octanol–water partition coefficient (Wildman–Crippen LogP) is 4.76. The molecule has 256 valence electrons. The number of carbonyl (C=O) groups is 2. The lowest BCUT2D eigenvalue weighted by molar-refractivity contribution is -0.305. The van der Waals surface area contributed by atoms with E-state index in [1.165, 1.54) is 0 Å². The summed E-state index contributed by atoms with van der Waals surface area (Å²) < 4.78 is 21.5. The van der Waals surface area contributed by atoms with Gasteiger partial charge in [-0.2, -0.15) is 0 Å². The molecule has 6 atom stereocenters.